The summed E-state index contributed by atoms with van der Waals surface area (Å²) in [7, 11) is 1.67. The topological polar surface area (TPSA) is 21.3 Å². The van der Waals surface area contributed by atoms with Gasteiger partial charge in [0.2, 0.25) is 0 Å². The maximum absolute atomic E-state index is 5.45. The number of benzene rings is 3. The zero-order chi connectivity index (χ0) is 17.5. The summed E-state index contributed by atoms with van der Waals surface area (Å²) in [6, 6.07) is 25.8. The molecule has 0 bridgehead atoms. The Morgan fingerprint density at radius 1 is 0.880 bits per heavy atom. The van der Waals surface area contributed by atoms with Crippen molar-refractivity contribution in [2.75, 3.05) is 12.4 Å². The maximum atomic E-state index is 5.45. The van der Waals surface area contributed by atoms with E-state index in [-0.39, 0.29) is 6.04 Å². The first-order valence-electron chi connectivity index (χ1n) is 7.98. The number of para-hydroxylation sites is 2. The number of nitrogens with one attached hydrogen (secondary N) is 1. The molecule has 124 valence electrons. The van der Waals surface area contributed by atoms with Crippen LogP contribution in [0.1, 0.15) is 17.2 Å². The molecule has 3 rings (SSSR count). The molecule has 1 atom stereocenters. The van der Waals surface area contributed by atoms with Crippen LogP contribution in [0, 0.1) is 11.8 Å². The quantitative estimate of drug-likeness (QED) is 0.579. The Kier molecular flexibility index (Phi) is 5.77. The Hall–Kier alpha value is -2.70. The van der Waals surface area contributed by atoms with Crippen molar-refractivity contribution in [3.63, 3.8) is 0 Å². The summed E-state index contributed by atoms with van der Waals surface area (Å²) in [6.45, 7) is 0. The van der Waals surface area contributed by atoms with Crippen molar-refractivity contribution in [1.29, 1.82) is 0 Å². The molecule has 0 spiro atoms. The highest BCUT2D eigenvalue weighted by Crippen LogP contribution is 2.30. The average molecular weight is 392 g/mol. The maximum Gasteiger partial charge on any atom is 0.141 e. The van der Waals surface area contributed by atoms with Crippen LogP contribution in [0.3, 0.4) is 0 Å². The number of anilines is 1. The van der Waals surface area contributed by atoms with Crippen molar-refractivity contribution in [3.8, 4) is 17.6 Å². The molecule has 0 aliphatic rings. The lowest BCUT2D eigenvalue weighted by Crippen LogP contribution is -2.10. The van der Waals surface area contributed by atoms with Gasteiger partial charge in [0.15, 0.2) is 0 Å². The van der Waals surface area contributed by atoms with Crippen molar-refractivity contribution >= 4 is 21.6 Å². The SMILES string of the molecule is COc1ccccc1NC(C#Cc1ccccc1)c1ccccc1Br. The normalized spacial score (nSPS) is 11.1. The number of hydrogen-bond donors (Lipinski definition) is 1. The van der Waals surface area contributed by atoms with Crippen molar-refractivity contribution in [2.45, 2.75) is 6.04 Å². The molecule has 0 heterocycles. The predicted molar refractivity (Wildman–Crippen MR) is 107 cm³/mol. The Balaban J connectivity index is 1.98. The van der Waals surface area contributed by atoms with E-state index in [0.29, 0.717) is 0 Å². The van der Waals surface area contributed by atoms with E-state index in [4.69, 9.17) is 4.74 Å². The van der Waals surface area contributed by atoms with Gasteiger partial charge in [-0.05, 0) is 30.3 Å². The molecule has 1 N–H and O–H groups in total. The fourth-order valence-corrected chi connectivity index (χ4v) is 3.01. The van der Waals surface area contributed by atoms with E-state index >= 15 is 0 Å². The van der Waals surface area contributed by atoms with Crippen LogP contribution < -0.4 is 10.1 Å². The molecule has 25 heavy (non-hydrogen) atoms. The zero-order valence-corrected chi connectivity index (χ0v) is 15.5. The second-order valence-electron chi connectivity index (χ2n) is 5.43. The summed E-state index contributed by atoms with van der Waals surface area (Å²) in [5, 5.41) is 3.50. The molecule has 1 unspecified atom stereocenters. The van der Waals surface area contributed by atoms with E-state index in [2.05, 4.69) is 39.2 Å². The minimum Gasteiger partial charge on any atom is -0.495 e. The molecule has 0 amide bonds. The summed E-state index contributed by atoms with van der Waals surface area (Å²) in [6.07, 6.45) is 0. The largest absolute Gasteiger partial charge is 0.495 e. The lowest BCUT2D eigenvalue weighted by molar-refractivity contribution is 0.416. The van der Waals surface area contributed by atoms with E-state index in [1.807, 2.05) is 72.8 Å². The van der Waals surface area contributed by atoms with Gasteiger partial charge in [0.1, 0.15) is 11.8 Å². The summed E-state index contributed by atoms with van der Waals surface area (Å²) in [5.41, 5.74) is 2.98. The van der Waals surface area contributed by atoms with E-state index in [0.717, 1.165) is 27.0 Å². The van der Waals surface area contributed by atoms with Gasteiger partial charge in [-0.3, -0.25) is 0 Å². The third-order valence-electron chi connectivity index (χ3n) is 3.76. The lowest BCUT2D eigenvalue weighted by Gasteiger charge is -2.18. The van der Waals surface area contributed by atoms with Gasteiger partial charge in [-0.15, -0.1) is 0 Å². The molecule has 0 aliphatic carbocycles. The molecular weight excluding hydrogens is 374 g/mol. The minimum absolute atomic E-state index is 0.174. The molecule has 3 aromatic carbocycles. The highest BCUT2D eigenvalue weighted by molar-refractivity contribution is 9.10. The third-order valence-corrected chi connectivity index (χ3v) is 4.48. The molecular formula is C22H18BrNO. The second kappa shape index (κ2) is 8.41. The predicted octanol–water partition coefficient (Wildman–Crippen LogP) is 5.66. The molecule has 0 aliphatic heterocycles. The van der Waals surface area contributed by atoms with Crippen LogP contribution in [0.5, 0.6) is 5.75 Å². The van der Waals surface area contributed by atoms with E-state index in [9.17, 15) is 0 Å². The number of ether oxygens (including phenoxy) is 1. The smallest absolute Gasteiger partial charge is 0.141 e. The van der Waals surface area contributed by atoms with Crippen LogP contribution in [0.2, 0.25) is 0 Å². The lowest BCUT2D eigenvalue weighted by atomic mass is 10.1. The van der Waals surface area contributed by atoms with Crippen LogP contribution in [0.25, 0.3) is 0 Å². The molecule has 0 saturated carbocycles. The first kappa shape index (κ1) is 17.1. The molecule has 3 aromatic rings. The molecule has 0 saturated heterocycles. The van der Waals surface area contributed by atoms with E-state index in [1.54, 1.807) is 7.11 Å². The number of methoxy groups -OCH3 is 1. The van der Waals surface area contributed by atoms with Crippen LogP contribution in [-0.2, 0) is 0 Å². The first-order valence-corrected chi connectivity index (χ1v) is 8.78. The Labute approximate surface area is 157 Å². The summed E-state index contributed by atoms with van der Waals surface area (Å²) < 4.78 is 6.47. The second-order valence-corrected chi connectivity index (χ2v) is 6.29. The van der Waals surface area contributed by atoms with Gasteiger partial charge < -0.3 is 10.1 Å². The van der Waals surface area contributed by atoms with E-state index in [1.165, 1.54) is 0 Å². The summed E-state index contributed by atoms with van der Waals surface area (Å²) in [4.78, 5) is 0. The minimum atomic E-state index is -0.174. The highest BCUT2D eigenvalue weighted by atomic mass is 79.9. The third kappa shape index (κ3) is 4.43. The van der Waals surface area contributed by atoms with Gasteiger partial charge in [-0.25, -0.2) is 0 Å². The van der Waals surface area contributed by atoms with Gasteiger partial charge in [0.05, 0.1) is 12.8 Å². The molecule has 2 nitrogen and oxygen atoms in total. The van der Waals surface area contributed by atoms with Gasteiger partial charge in [-0.2, -0.15) is 0 Å². The van der Waals surface area contributed by atoms with Crippen LogP contribution in [0.4, 0.5) is 5.69 Å². The number of hydrogen-bond acceptors (Lipinski definition) is 2. The van der Waals surface area contributed by atoms with Crippen molar-refractivity contribution in [3.05, 3.63) is 94.5 Å². The summed E-state index contributed by atoms with van der Waals surface area (Å²) in [5.74, 6) is 7.39. The number of halogens is 1. The Morgan fingerprint density at radius 2 is 1.56 bits per heavy atom. The highest BCUT2D eigenvalue weighted by Gasteiger charge is 2.13. The monoisotopic (exact) mass is 391 g/mol. The van der Waals surface area contributed by atoms with Gasteiger partial charge in [-0.1, -0.05) is 76.3 Å². The molecule has 0 radical (unpaired) electrons. The fourth-order valence-electron chi connectivity index (χ4n) is 2.50. The van der Waals surface area contributed by atoms with E-state index < -0.39 is 0 Å². The van der Waals surface area contributed by atoms with Gasteiger partial charge >= 0.3 is 0 Å². The van der Waals surface area contributed by atoms with Crippen molar-refractivity contribution < 1.29 is 4.74 Å². The summed E-state index contributed by atoms with van der Waals surface area (Å²) >= 11 is 3.63. The fraction of sp³-hybridized carbons (Fsp3) is 0.0909. The average Bonchev–Trinajstić information content (AvgIpc) is 2.67. The molecule has 0 aromatic heterocycles. The van der Waals surface area contributed by atoms with Crippen LogP contribution in [-0.4, -0.2) is 7.11 Å². The van der Waals surface area contributed by atoms with Crippen molar-refractivity contribution in [1.82, 2.24) is 0 Å². The first-order chi connectivity index (χ1) is 12.3. The molecule has 0 fully saturated rings. The molecule has 3 heteroatoms. The van der Waals surface area contributed by atoms with Crippen molar-refractivity contribution in [2.24, 2.45) is 0 Å². The Morgan fingerprint density at radius 3 is 2.32 bits per heavy atom. The van der Waals surface area contributed by atoms with Crippen LogP contribution >= 0.6 is 15.9 Å². The zero-order valence-electron chi connectivity index (χ0n) is 13.9. The van der Waals surface area contributed by atoms with Gasteiger partial charge in [0.25, 0.3) is 0 Å². The number of rotatable bonds is 4. The standard InChI is InChI=1S/C22H18BrNO/c1-25-22-14-8-7-13-21(22)24-20(18-11-5-6-12-19(18)23)16-15-17-9-3-2-4-10-17/h2-14,20,24H,1H3. The van der Waals surface area contributed by atoms with Crippen LogP contribution in [0.15, 0.2) is 83.3 Å². The van der Waals surface area contributed by atoms with Gasteiger partial charge in [0, 0.05) is 15.6 Å². The Bertz CT molecular complexity index is 896.